The first-order valence-electron chi connectivity index (χ1n) is 5.77. The molecule has 0 fully saturated rings. The Morgan fingerprint density at radius 1 is 1.35 bits per heavy atom. The van der Waals surface area contributed by atoms with E-state index >= 15 is 0 Å². The zero-order chi connectivity index (χ0) is 14.6. The van der Waals surface area contributed by atoms with E-state index in [2.05, 4.69) is 14.7 Å². The average molecular weight is 314 g/mol. The van der Waals surface area contributed by atoms with E-state index in [-0.39, 0.29) is 16.5 Å². The molecule has 0 bridgehead atoms. The molecule has 0 aliphatic carbocycles. The predicted molar refractivity (Wildman–Crippen MR) is 75.2 cm³/mol. The third kappa shape index (κ3) is 3.66. The normalized spacial score (nSPS) is 11.4. The van der Waals surface area contributed by atoms with Crippen LogP contribution in [0.2, 0.25) is 5.02 Å². The molecular formula is C12H12ClN3O3S. The van der Waals surface area contributed by atoms with Crippen molar-refractivity contribution in [1.29, 1.82) is 0 Å². The van der Waals surface area contributed by atoms with Crippen LogP contribution in [0.5, 0.6) is 0 Å². The minimum absolute atomic E-state index is 0.0804. The monoisotopic (exact) mass is 313 g/mol. The van der Waals surface area contributed by atoms with Crippen molar-refractivity contribution in [2.45, 2.75) is 11.3 Å². The lowest BCUT2D eigenvalue weighted by atomic mass is 10.3. The van der Waals surface area contributed by atoms with E-state index in [1.54, 1.807) is 12.3 Å². The number of aromatic nitrogens is 2. The van der Waals surface area contributed by atoms with Gasteiger partial charge in [0, 0.05) is 31.1 Å². The summed E-state index contributed by atoms with van der Waals surface area (Å²) in [6, 6.07) is 6.54. The van der Waals surface area contributed by atoms with E-state index in [1.807, 2.05) is 12.1 Å². The predicted octanol–water partition coefficient (Wildman–Crippen LogP) is 0.944. The van der Waals surface area contributed by atoms with Gasteiger partial charge in [0.15, 0.2) is 0 Å². The van der Waals surface area contributed by atoms with Gasteiger partial charge in [-0.25, -0.2) is 13.1 Å². The van der Waals surface area contributed by atoms with E-state index in [4.69, 9.17) is 11.6 Å². The molecule has 0 atom stereocenters. The highest BCUT2D eigenvalue weighted by Crippen LogP contribution is 2.10. The molecule has 2 heterocycles. The van der Waals surface area contributed by atoms with Crippen LogP contribution in [-0.2, 0) is 16.4 Å². The Morgan fingerprint density at radius 3 is 2.80 bits per heavy atom. The molecule has 2 aromatic heterocycles. The lowest BCUT2D eigenvalue weighted by molar-refractivity contribution is 0.581. The van der Waals surface area contributed by atoms with Crippen LogP contribution in [-0.4, -0.2) is 24.9 Å². The lowest BCUT2D eigenvalue weighted by Gasteiger charge is -2.06. The van der Waals surface area contributed by atoms with E-state index in [0.717, 1.165) is 18.0 Å². The zero-order valence-corrected chi connectivity index (χ0v) is 11.9. The van der Waals surface area contributed by atoms with Crippen molar-refractivity contribution in [1.82, 2.24) is 14.7 Å². The van der Waals surface area contributed by atoms with Crippen LogP contribution in [0.4, 0.5) is 0 Å². The Hall–Kier alpha value is -1.70. The summed E-state index contributed by atoms with van der Waals surface area (Å²) in [6.07, 6.45) is 3.22. The van der Waals surface area contributed by atoms with Gasteiger partial charge in [0.05, 0.1) is 4.90 Å². The number of pyridine rings is 2. The van der Waals surface area contributed by atoms with Gasteiger partial charge < -0.3 is 4.98 Å². The van der Waals surface area contributed by atoms with Crippen LogP contribution in [0.15, 0.2) is 46.3 Å². The smallest absolute Gasteiger partial charge is 0.266 e. The molecule has 20 heavy (non-hydrogen) atoms. The van der Waals surface area contributed by atoms with Crippen LogP contribution in [0.1, 0.15) is 5.69 Å². The van der Waals surface area contributed by atoms with E-state index in [1.165, 1.54) is 0 Å². The number of hydrogen-bond acceptors (Lipinski definition) is 4. The van der Waals surface area contributed by atoms with Crippen molar-refractivity contribution in [3.05, 3.63) is 57.7 Å². The van der Waals surface area contributed by atoms with Crippen LogP contribution in [0.25, 0.3) is 0 Å². The fraction of sp³-hybridized carbons (Fsp3) is 0.167. The highest BCUT2D eigenvalue weighted by atomic mass is 35.5. The van der Waals surface area contributed by atoms with Gasteiger partial charge in [-0.1, -0.05) is 17.7 Å². The molecule has 0 unspecified atom stereocenters. The molecule has 0 saturated carbocycles. The van der Waals surface area contributed by atoms with Gasteiger partial charge in [0.25, 0.3) is 5.56 Å². The average Bonchev–Trinajstić information content (AvgIpc) is 2.43. The number of aromatic amines is 1. The number of nitrogens with one attached hydrogen (secondary N) is 2. The van der Waals surface area contributed by atoms with Crippen molar-refractivity contribution < 1.29 is 8.42 Å². The third-order valence-electron chi connectivity index (χ3n) is 2.54. The van der Waals surface area contributed by atoms with E-state index in [9.17, 15) is 13.2 Å². The van der Waals surface area contributed by atoms with Gasteiger partial charge in [0.1, 0.15) is 5.02 Å². The minimum Gasteiger partial charge on any atom is -0.326 e. The molecule has 106 valence electrons. The van der Waals surface area contributed by atoms with Crippen LogP contribution >= 0.6 is 11.6 Å². The van der Waals surface area contributed by atoms with Crippen molar-refractivity contribution >= 4 is 21.6 Å². The molecule has 2 rings (SSSR count). The number of sulfonamides is 1. The van der Waals surface area contributed by atoms with Gasteiger partial charge in [-0.15, -0.1) is 0 Å². The molecule has 0 radical (unpaired) electrons. The second-order valence-corrected chi connectivity index (χ2v) is 6.16. The topological polar surface area (TPSA) is 91.9 Å². The summed E-state index contributed by atoms with van der Waals surface area (Å²) in [7, 11) is -3.70. The molecule has 0 aliphatic rings. The first-order valence-corrected chi connectivity index (χ1v) is 7.63. The molecule has 0 aliphatic heterocycles. The Bertz CT molecular complexity index is 744. The molecule has 0 aromatic carbocycles. The number of H-pyrrole nitrogens is 1. The molecule has 0 spiro atoms. The van der Waals surface area contributed by atoms with Crippen LogP contribution in [0.3, 0.4) is 0 Å². The van der Waals surface area contributed by atoms with Gasteiger partial charge in [-0.2, -0.15) is 0 Å². The summed E-state index contributed by atoms with van der Waals surface area (Å²) in [4.78, 5) is 17.4. The maximum atomic E-state index is 12.0. The highest BCUT2D eigenvalue weighted by molar-refractivity contribution is 7.89. The second kappa shape index (κ2) is 6.17. The minimum atomic E-state index is -3.70. The Morgan fingerprint density at radius 2 is 2.15 bits per heavy atom. The molecule has 6 nitrogen and oxygen atoms in total. The van der Waals surface area contributed by atoms with Crippen molar-refractivity contribution in [3.8, 4) is 0 Å². The largest absolute Gasteiger partial charge is 0.326 e. The SMILES string of the molecule is O=c1[nH]cc(S(=O)(=O)NCCc2ccccn2)cc1Cl. The van der Waals surface area contributed by atoms with Crippen LogP contribution in [0, 0.1) is 0 Å². The fourth-order valence-electron chi connectivity index (χ4n) is 1.54. The number of nitrogens with zero attached hydrogens (tertiary/aromatic N) is 1. The van der Waals surface area contributed by atoms with E-state index in [0.29, 0.717) is 6.42 Å². The maximum Gasteiger partial charge on any atom is 0.266 e. The summed E-state index contributed by atoms with van der Waals surface area (Å²) in [5.74, 6) is 0. The Balaban J connectivity index is 2.04. The summed E-state index contributed by atoms with van der Waals surface area (Å²) < 4.78 is 26.4. The molecule has 8 heteroatoms. The second-order valence-electron chi connectivity index (χ2n) is 3.98. The van der Waals surface area contributed by atoms with E-state index < -0.39 is 15.6 Å². The third-order valence-corrected chi connectivity index (χ3v) is 4.26. The quantitative estimate of drug-likeness (QED) is 0.859. The molecule has 2 aromatic rings. The summed E-state index contributed by atoms with van der Waals surface area (Å²) in [6.45, 7) is 0.204. The van der Waals surface area contributed by atoms with Gasteiger partial charge in [-0.3, -0.25) is 9.78 Å². The molecular weight excluding hydrogens is 302 g/mol. The lowest BCUT2D eigenvalue weighted by Crippen LogP contribution is -2.27. The summed E-state index contributed by atoms with van der Waals surface area (Å²) in [5, 5.41) is -0.169. The molecule has 2 N–H and O–H groups in total. The fourth-order valence-corrected chi connectivity index (χ4v) is 2.80. The summed E-state index contributed by atoms with van der Waals surface area (Å²) >= 11 is 5.60. The van der Waals surface area contributed by atoms with Gasteiger partial charge in [-0.05, 0) is 18.2 Å². The first-order chi connectivity index (χ1) is 9.49. The first kappa shape index (κ1) is 14.7. The van der Waals surface area contributed by atoms with Crippen molar-refractivity contribution in [2.24, 2.45) is 0 Å². The zero-order valence-electron chi connectivity index (χ0n) is 10.3. The standard InChI is InChI=1S/C12H12ClN3O3S/c13-11-7-10(8-15-12(11)17)20(18,19)16-6-4-9-3-1-2-5-14-9/h1-3,5,7-8,16H,4,6H2,(H,15,17). The molecule has 0 saturated heterocycles. The maximum absolute atomic E-state index is 12.0. The number of hydrogen-bond donors (Lipinski definition) is 2. The van der Waals surface area contributed by atoms with Gasteiger partial charge >= 0.3 is 0 Å². The van der Waals surface area contributed by atoms with Crippen LogP contribution < -0.4 is 10.3 Å². The van der Waals surface area contributed by atoms with Crippen molar-refractivity contribution in [3.63, 3.8) is 0 Å². The number of halogens is 1. The number of rotatable bonds is 5. The highest BCUT2D eigenvalue weighted by Gasteiger charge is 2.15. The Kier molecular flexibility index (Phi) is 4.53. The summed E-state index contributed by atoms with van der Waals surface area (Å²) in [5.41, 5.74) is 0.258. The molecule has 0 amide bonds. The van der Waals surface area contributed by atoms with Crippen molar-refractivity contribution in [2.75, 3.05) is 6.54 Å². The van der Waals surface area contributed by atoms with Gasteiger partial charge in [0.2, 0.25) is 10.0 Å². The Labute approximate surface area is 120 Å².